The maximum absolute atomic E-state index is 4.22. The van der Waals surface area contributed by atoms with E-state index in [1.54, 1.807) is 6.33 Å². The summed E-state index contributed by atoms with van der Waals surface area (Å²) in [6, 6.07) is 1.95. The van der Waals surface area contributed by atoms with Crippen molar-refractivity contribution in [3.63, 3.8) is 0 Å². The zero-order valence-electron chi connectivity index (χ0n) is 7.20. The van der Waals surface area contributed by atoms with E-state index in [-0.39, 0.29) is 0 Å². The van der Waals surface area contributed by atoms with Crippen molar-refractivity contribution >= 4 is 21.7 Å². The number of hydrogen-bond acceptors (Lipinski definition) is 4. The lowest BCUT2D eigenvalue weighted by atomic mass is 10.3. The van der Waals surface area contributed by atoms with E-state index >= 15 is 0 Å². The molecule has 0 saturated carbocycles. The number of nitrogens with one attached hydrogen (secondary N) is 1. The molecule has 2 rings (SSSR count). The van der Waals surface area contributed by atoms with Crippen LogP contribution >= 0.6 is 15.9 Å². The Bertz CT molecular complexity index is 285. The Morgan fingerprint density at radius 1 is 1.31 bits per heavy atom. The van der Waals surface area contributed by atoms with Crippen molar-refractivity contribution in [3.05, 3.63) is 17.0 Å². The van der Waals surface area contributed by atoms with Gasteiger partial charge >= 0.3 is 0 Å². The summed E-state index contributed by atoms with van der Waals surface area (Å²) in [5.41, 5.74) is 0. The van der Waals surface area contributed by atoms with Gasteiger partial charge in [-0.25, -0.2) is 9.97 Å². The maximum atomic E-state index is 4.22. The monoisotopic (exact) mass is 242 g/mol. The van der Waals surface area contributed by atoms with Gasteiger partial charge in [-0.3, -0.25) is 0 Å². The molecule has 4 nitrogen and oxygen atoms in total. The number of halogens is 1. The number of hydrogen-bond donors (Lipinski definition) is 1. The molecule has 0 aliphatic carbocycles. The van der Waals surface area contributed by atoms with Gasteiger partial charge in [0.2, 0.25) is 0 Å². The highest BCUT2D eigenvalue weighted by Crippen LogP contribution is 2.14. The van der Waals surface area contributed by atoms with Gasteiger partial charge < -0.3 is 10.2 Å². The van der Waals surface area contributed by atoms with Crippen LogP contribution in [0.15, 0.2) is 17.0 Å². The molecule has 2 heterocycles. The third-order valence-electron chi connectivity index (χ3n) is 2.06. The van der Waals surface area contributed by atoms with Crippen LogP contribution in [-0.2, 0) is 0 Å². The van der Waals surface area contributed by atoms with E-state index in [9.17, 15) is 0 Å². The van der Waals surface area contributed by atoms with E-state index < -0.39 is 0 Å². The first kappa shape index (κ1) is 8.90. The molecule has 1 aliphatic rings. The number of aromatic nitrogens is 2. The molecule has 0 unspecified atom stereocenters. The lowest BCUT2D eigenvalue weighted by molar-refractivity contribution is 0.584. The van der Waals surface area contributed by atoms with Crippen molar-refractivity contribution in [2.75, 3.05) is 31.1 Å². The minimum Gasteiger partial charge on any atom is -0.354 e. The molecule has 0 aromatic carbocycles. The molecule has 0 bridgehead atoms. The van der Waals surface area contributed by atoms with Crippen LogP contribution in [-0.4, -0.2) is 36.1 Å². The Labute approximate surface area is 85.5 Å². The van der Waals surface area contributed by atoms with E-state index in [1.807, 2.05) is 6.07 Å². The van der Waals surface area contributed by atoms with Crippen LogP contribution in [0.25, 0.3) is 0 Å². The molecule has 1 aromatic heterocycles. The smallest absolute Gasteiger partial charge is 0.133 e. The van der Waals surface area contributed by atoms with Crippen LogP contribution in [0.2, 0.25) is 0 Å². The van der Waals surface area contributed by atoms with Gasteiger partial charge in [-0.05, 0) is 15.9 Å². The molecule has 0 atom stereocenters. The van der Waals surface area contributed by atoms with Gasteiger partial charge in [-0.1, -0.05) is 0 Å². The summed E-state index contributed by atoms with van der Waals surface area (Å²) in [5, 5.41) is 3.30. The fourth-order valence-corrected chi connectivity index (χ4v) is 1.69. The summed E-state index contributed by atoms with van der Waals surface area (Å²) < 4.78 is 0.844. The van der Waals surface area contributed by atoms with Gasteiger partial charge in [0.15, 0.2) is 0 Å². The van der Waals surface area contributed by atoms with Crippen molar-refractivity contribution in [3.8, 4) is 0 Å². The Hall–Kier alpha value is -0.680. The van der Waals surface area contributed by atoms with Gasteiger partial charge in [0.25, 0.3) is 0 Å². The fraction of sp³-hybridized carbons (Fsp3) is 0.500. The topological polar surface area (TPSA) is 41.0 Å². The molecule has 0 radical (unpaired) electrons. The van der Waals surface area contributed by atoms with Gasteiger partial charge in [-0.15, -0.1) is 0 Å². The van der Waals surface area contributed by atoms with Crippen molar-refractivity contribution in [2.24, 2.45) is 0 Å². The molecule has 1 N–H and O–H groups in total. The summed E-state index contributed by atoms with van der Waals surface area (Å²) in [7, 11) is 0. The number of rotatable bonds is 1. The number of nitrogens with zero attached hydrogens (tertiary/aromatic N) is 3. The summed E-state index contributed by atoms with van der Waals surface area (Å²) in [6.45, 7) is 4.09. The van der Waals surface area contributed by atoms with E-state index in [0.717, 1.165) is 36.6 Å². The summed E-state index contributed by atoms with van der Waals surface area (Å²) in [4.78, 5) is 10.5. The lowest BCUT2D eigenvalue weighted by Crippen LogP contribution is -2.43. The minimum atomic E-state index is 0.844. The van der Waals surface area contributed by atoms with Crippen molar-refractivity contribution in [1.82, 2.24) is 15.3 Å². The predicted molar refractivity (Wildman–Crippen MR) is 54.8 cm³/mol. The third-order valence-corrected chi connectivity index (χ3v) is 2.49. The van der Waals surface area contributed by atoms with Crippen molar-refractivity contribution in [2.45, 2.75) is 0 Å². The normalized spacial score (nSPS) is 17.5. The zero-order valence-corrected chi connectivity index (χ0v) is 8.79. The predicted octanol–water partition coefficient (Wildman–Crippen LogP) is 0.649. The molecule has 13 heavy (non-hydrogen) atoms. The van der Waals surface area contributed by atoms with Crippen molar-refractivity contribution in [1.29, 1.82) is 0 Å². The summed E-state index contributed by atoms with van der Waals surface area (Å²) in [5.74, 6) is 1.00. The van der Waals surface area contributed by atoms with Crippen LogP contribution in [0.4, 0.5) is 5.82 Å². The molecule has 70 valence electrons. The van der Waals surface area contributed by atoms with Gasteiger partial charge in [0, 0.05) is 32.2 Å². The second kappa shape index (κ2) is 4.02. The standard InChI is InChI=1S/C8H11BrN4/c9-7-5-8(12-6-11-7)13-3-1-10-2-4-13/h5-6,10H,1-4H2. The van der Waals surface area contributed by atoms with Crippen LogP contribution in [0.3, 0.4) is 0 Å². The molecule has 1 aliphatic heterocycles. The Balaban J connectivity index is 2.14. The van der Waals surface area contributed by atoms with E-state index in [4.69, 9.17) is 0 Å². The van der Waals surface area contributed by atoms with E-state index in [1.165, 1.54) is 0 Å². The second-order valence-electron chi connectivity index (χ2n) is 2.94. The molecule has 1 aromatic rings. The van der Waals surface area contributed by atoms with Gasteiger partial charge in [0.05, 0.1) is 0 Å². The average molecular weight is 243 g/mol. The quantitative estimate of drug-likeness (QED) is 0.735. The molecule has 0 amide bonds. The minimum absolute atomic E-state index is 0.844. The first-order valence-electron chi connectivity index (χ1n) is 4.29. The molecule has 1 saturated heterocycles. The van der Waals surface area contributed by atoms with Crippen LogP contribution < -0.4 is 10.2 Å². The Morgan fingerprint density at radius 3 is 2.77 bits per heavy atom. The van der Waals surface area contributed by atoms with Crippen molar-refractivity contribution < 1.29 is 0 Å². The van der Waals surface area contributed by atoms with Gasteiger partial charge in [0.1, 0.15) is 16.7 Å². The zero-order chi connectivity index (χ0) is 9.10. The molecule has 0 spiro atoms. The lowest BCUT2D eigenvalue weighted by Gasteiger charge is -2.28. The average Bonchev–Trinajstić information content (AvgIpc) is 2.19. The summed E-state index contributed by atoms with van der Waals surface area (Å²) >= 11 is 3.34. The maximum Gasteiger partial charge on any atom is 0.133 e. The van der Waals surface area contributed by atoms with Gasteiger partial charge in [-0.2, -0.15) is 0 Å². The third kappa shape index (κ3) is 2.16. The molecular weight excluding hydrogens is 232 g/mol. The molecular formula is C8H11BrN4. The van der Waals surface area contributed by atoms with E-state index in [2.05, 4.69) is 36.1 Å². The first-order valence-corrected chi connectivity index (χ1v) is 5.09. The Kier molecular flexibility index (Phi) is 2.75. The number of piperazine rings is 1. The Morgan fingerprint density at radius 2 is 2.08 bits per heavy atom. The SMILES string of the molecule is Brc1cc(N2CCNCC2)ncn1. The molecule has 1 fully saturated rings. The highest BCUT2D eigenvalue weighted by atomic mass is 79.9. The van der Waals surface area contributed by atoms with Crippen LogP contribution in [0.5, 0.6) is 0 Å². The highest BCUT2D eigenvalue weighted by Gasteiger charge is 2.11. The van der Waals surface area contributed by atoms with E-state index in [0.29, 0.717) is 0 Å². The second-order valence-corrected chi connectivity index (χ2v) is 3.75. The first-order chi connectivity index (χ1) is 6.36. The summed E-state index contributed by atoms with van der Waals surface area (Å²) in [6.07, 6.45) is 1.58. The number of anilines is 1. The fourth-order valence-electron chi connectivity index (χ4n) is 1.39. The molecule has 5 heteroatoms. The van der Waals surface area contributed by atoms with Crippen LogP contribution in [0.1, 0.15) is 0 Å². The van der Waals surface area contributed by atoms with Crippen LogP contribution in [0, 0.1) is 0 Å². The largest absolute Gasteiger partial charge is 0.354 e. The highest BCUT2D eigenvalue weighted by molar-refractivity contribution is 9.10.